The Morgan fingerprint density at radius 2 is 1.67 bits per heavy atom. The van der Waals surface area contributed by atoms with E-state index in [1.54, 1.807) is 0 Å². The topological polar surface area (TPSA) is 58.2 Å². The van der Waals surface area contributed by atoms with Crippen LogP contribution in [0.15, 0.2) is 0 Å². The maximum absolute atomic E-state index is 11.9. The molecule has 0 heterocycles. The summed E-state index contributed by atoms with van der Waals surface area (Å²) in [4.78, 5) is 0. The lowest BCUT2D eigenvalue weighted by Gasteiger charge is -2.27. The summed E-state index contributed by atoms with van der Waals surface area (Å²) in [7, 11) is -3.09. The SMILES string of the molecule is CSC1CCC(NS(=O)(=O)CCNC2CC2)CC1. The summed E-state index contributed by atoms with van der Waals surface area (Å²) in [5.74, 6) is 0.214. The van der Waals surface area contributed by atoms with Gasteiger partial charge in [-0.2, -0.15) is 11.8 Å². The maximum atomic E-state index is 11.9. The van der Waals surface area contributed by atoms with E-state index in [4.69, 9.17) is 0 Å². The second-order valence-electron chi connectivity index (χ2n) is 5.37. The second-order valence-corrected chi connectivity index (χ2v) is 8.39. The van der Waals surface area contributed by atoms with E-state index in [1.165, 1.54) is 12.8 Å². The maximum Gasteiger partial charge on any atom is 0.213 e. The largest absolute Gasteiger partial charge is 0.313 e. The highest BCUT2D eigenvalue weighted by atomic mass is 32.2. The van der Waals surface area contributed by atoms with Gasteiger partial charge in [0.15, 0.2) is 0 Å². The molecule has 0 unspecified atom stereocenters. The van der Waals surface area contributed by atoms with Gasteiger partial charge in [-0.15, -0.1) is 0 Å². The lowest BCUT2D eigenvalue weighted by Crippen LogP contribution is -2.41. The normalized spacial score (nSPS) is 29.4. The van der Waals surface area contributed by atoms with Crippen molar-refractivity contribution in [2.75, 3.05) is 18.6 Å². The Balaban J connectivity index is 1.67. The first-order valence-electron chi connectivity index (χ1n) is 6.85. The Morgan fingerprint density at radius 1 is 1.06 bits per heavy atom. The fourth-order valence-electron chi connectivity index (χ4n) is 2.41. The molecule has 2 rings (SSSR count). The van der Waals surface area contributed by atoms with Gasteiger partial charge in [0, 0.05) is 23.9 Å². The molecule has 2 aliphatic carbocycles. The Labute approximate surface area is 115 Å². The molecule has 106 valence electrons. The lowest BCUT2D eigenvalue weighted by molar-refractivity contribution is 0.419. The summed E-state index contributed by atoms with van der Waals surface area (Å²) >= 11 is 1.90. The van der Waals surface area contributed by atoms with Crippen LogP contribution in [0.25, 0.3) is 0 Å². The van der Waals surface area contributed by atoms with Crippen molar-refractivity contribution in [3.63, 3.8) is 0 Å². The van der Waals surface area contributed by atoms with Crippen LogP contribution in [0.2, 0.25) is 0 Å². The van der Waals surface area contributed by atoms with E-state index in [0.29, 0.717) is 12.6 Å². The van der Waals surface area contributed by atoms with Crippen LogP contribution >= 0.6 is 11.8 Å². The molecule has 0 spiro atoms. The van der Waals surface area contributed by atoms with E-state index in [1.807, 2.05) is 11.8 Å². The zero-order valence-electron chi connectivity index (χ0n) is 11.0. The molecule has 0 bridgehead atoms. The lowest BCUT2D eigenvalue weighted by atomic mass is 9.96. The molecule has 2 aliphatic rings. The first kappa shape index (κ1) is 14.6. The Bertz CT molecular complexity index is 347. The van der Waals surface area contributed by atoms with Gasteiger partial charge in [-0.05, 0) is 44.8 Å². The van der Waals surface area contributed by atoms with Gasteiger partial charge in [0.25, 0.3) is 0 Å². The third-order valence-corrected chi connectivity index (χ3v) is 6.31. The number of hydrogen-bond donors (Lipinski definition) is 2. The number of thioether (sulfide) groups is 1. The zero-order valence-corrected chi connectivity index (χ0v) is 12.7. The molecule has 0 radical (unpaired) electrons. The highest BCUT2D eigenvalue weighted by Gasteiger charge is 2.25. The van der Waals surface area contributed by atoms with Gasteiger partial charge in [-0.1, -0.05) is 0 Å². The highest BCUT2D eigenvalue weighted by Crippen LogP contribution is 2.27. The first-order chi connectivity index (χ1) is 8.59. The van der Waals surface area contributed by atoms with E-state index < -0.39 is 10.0 Å². The minimum Gasteiger partial charge on any atom is -0.313 e. The molecular formula is C12H24N2O2S2. The molecular weight excluding hydrogens is 268 g/mol. The number of hydrogen-bond acceptors (Lipinski definition) is 4. The van der Waals surface area contributed by atoms with Gasteiger partial charge >= 0.3 is 0 Å². The van der Waals surface area contributed by atoms with Gasteiger partial charge in [-0.3, -0.25) is 0 Å². The molecule has 0 saturated heterocycles. The molecule has 18 heavy (non-hydrogen) atoms. The summed E-state index contributed by atoms with van der Waals surface area (Å²) in [5.41, 5.74) is 0. The quantitative estimate of drug-likeness (QED) is 0.743. The average molecular weight is 292 g/mol. The standard InChI is InChI=1S/C12H24N2O2S2/c1-17-12-6-4-11(5-7-12)14-18(15,16)9-8-13-10-2-3-10/h10-14H,2-9H2,1H3. The summed E-state index contributed by atoms with van der Waals surface area (Å²) in [6.45, 7) is 0.583. The van der Waals surface area contributed by atoms with Crippen molar-refractivity contribution in [3.8, 4) is 0 Å². The van der Waals surface area contributed by atoms with Crippen LogP contribution in [0.4, 0.5) is 0 Å². The van der Waals surface area contributed by atoms with Gasteiger partial charge < -0.3 is 5.32 Å². The first-order valence-corrected chi connectivity index (χ1v) is 9.79. The summed E-state index contributed by atoms with van der Waals surface area (Å²) in [6, 6.07) is 0.747. The van der Waals surface area contributed by atoms with Gasteiger partial charge in [0.2, 0.25) is 10.0 Å². The van der Waals surface area contributed by atoms with Crippen molar-refractivity contribution in [1.82, 2.24) is 10.0 Å². The molecule has 0 aromatic heterocycles. The molecule has 0 aromatic rings. The fourth-order valence-corrected chi connectivity index (χ4v) is 4.41. The molecule has 2 saturated carbocycles. The Hall–Kier alpha value is 0.220. The third-order valence-electron chi connectivity index (χ3n) is 3.73. The van der Waals surface area contributed by atoms with E-state index in [9.17, 15) is 8.42 Å². The van der Waals surface area contributed by atoms with Crippen LogP contribution in [0.5, 0.6) is 0 Å². The van der Waals surface area contributed by atoms with E-state index >= 15 is 0 Å². The smallest absolute Gasteiger partial charge is 0.213 e. The third kappa shape index (κ3) is 5.07. The molecule has 0 atom stereocenters. The van der Waals surface area contributed by atoms with Crippen molar-refractivity contribution in [2.45, 2.75) is 55.9 Å². The van der Waals surface area contributed by atoms with Crippen LogP contribution in [-0.2, 0) is 10.0 Å². The molecule has 2 fully saturated rings. The number of rotatable bonds is 7. The Kier molecular flexibility index (Phi) is 5.35. The minimum absolute atomic E-state index is 0.166. The zero-order chi connectivity index (χ0) is 13.0. The van der Waals surface area contributed by atoms with Gasteiger partial charge in [0.05, 0.1) is 5.75 Å². The van der Waals surface area contributed by atoms with Crippen molar-refractivity contribution < 1.29 is 8.42 Å². The van der Waals surface area contributed by atoms with Crippen molar-refractivity contribution in [3.05, 3.63) is 0 Å². The van der Waals surface area contributed by atoms with Crippen LogP contribution in [0.3, 0.4) is 0 Å². The van der Waals surface area contributed by atoms with Crippen LogP contribution in [0.1, 0.15) is 38.5 Å². The monoisotopic (exact) mass is 292 g/mol. The molecule has 0 amide bonds. The van der Waals surface area contributed by atoms with Gasteiger partial charge in [0.1, 0.15) is 0 Å². The fraction of sp³-hybridized carbons (Fsp3) is 1.00. The van der Waals surface area contributed by atoms with E-state index in [-0.39, 0.29) is 11.8 Å². The summed E-state index contributed by atoms with van der Waals surface area (Å²) in [5, 5.41) is 3.97. The van der Waals surface area contributed by atoms with Crippen molar-refractivity contribution in [1.29, 1.82) is 0 Å². The van der Waals surface area contributed by atoms with Crippen molar-refractivity contribution in [2.24, 2.45) is 0 Å². The van der Waals surface area contributed by atoms with E-state index in [0.717, 1.165) is 30.9 Å². The van der Waals surface area contributed by atoms with Crippen molar-refractivity contribution >= 4 is 21.8 Å². The van der Waals surface area contributed by atoms with Gasteiger partial charge in [-0.25, -0.2) is 13.1 Å². The average Bonchev–Trinajstić information content (AvgIpc) is 3.13. The number of nitrogens with one attached hydrogen (secondary N) is 2. The summed E-state index contributed by atoms with van der Waals surface area (Å²) in [6.07, 6.45) is 8.78. The predicted octanol–water partition coefficient (Wildman–Crippen LogP) is 1.33. The predicted molar refractivity (Wildman–Crippen MR) is 77.5 cm³/mol. The molecule has 6 heteroatoms. The Morgan fingerprint density at radius 3 is 2.22 bits per heavy atom. The minimum atomic E-state index is -3.09. The number of sulfonamides is 1. The highest BCUT2D eigenvalue weighted by molar-refractivity contribution is 7.99. The van der Waals surface area contributed by atoms with Crippen LogP contribution in [0, 0.1) is 0 Å². The second kappa shape index (κ2) is 6.59. The molecule has 0 aromatic carbocycles. The molecule has 4 nitrogen and oxygen atoms in total. The molecule has 2 N–H and O–H groups in total. The van der Waals surface area contributed by atoms with Crippen LogP contribution < -0.4 is 10.0 Å². The van der Waals surface area contributed by atoms with Crippen LogP contribution in [-0.4, -0.2) is 44.3 Å². The van der Waals surface area contributed by atoms with E-state index in [2.05, 4.69) is 16.3 Å². The molecule has 0 aliphatic heterocycles. The summed E-state index contributed by atoms with van der Waals surface area (Å²) < 4.78 is 26.6.